The number of rotatable bonds is 3. The van der Waals surface area contributed by atoms with Crippen LogP contribution in [0.15, 0.2) is 0 Å². The van der Waals surface area contributed by atoms with E-state index in [1.165, 1.54) is 0 Å². The molecule has 0 spiro atoms. The third-order valence-corrected chi connectivity index (χ3v) is 1.16. The van der Waals surface area contributed by atoms with Crippen molar-refractivity contribution in [3.05, 3.63) is 5.75 Å². The van der Waals surface area contributed by atoms with E-state index in [-0.39, 0.29) is 0 Å². The van der Waals surface area contributed by atoms with E-state index in [9.17, 15) is 0 Å². The summed E-state index contributed by atoms with van der Waals surface area (Å²) in [5.74, 6) is 3.75. The summed E-state index contributed by atoms with van der Waals surface area (Å²) in [7, 11) is 0. The number of thioether (sulfide) groups is 1. The third kappa shape index (κ3) is 5.84. The van der Waals surface area contributed by atoms with Gasteiger partial charge < -0.3 is 0 Å². The molecule has 2 heteroatoms. The van der Waals surface area contributed by atoms with Crippen LogP contribution in [0.2, 0.25) is 0 Å². The van der Waals surface area contributed by atoms with Crippen LogP contribution in [0.4, 0.5) is 0 Å². The molecule has 0 unspecified atom stereocenters. The van der Waals surface area contributed by atoms with Crippen LogP contribution in [0.25, 0.3) is 0 Å². The van der Waals surface area contributed by atoms with E-state index in [4.69, 9.17) is 5.26 Å². The molecule has 0 saturated carbocycles. The van der Waals surface area contributed by atoms with Crippen molar-refractivity contribution in [1.82, 2.24) is 0 Å². The average Bonchev–Trinajstić information content (AvgIpc) is 1.69. The molecule has 0 fully saturated rings. The molecule has 7 heavy (non-hydrogen) atoms. The van der Waals surface area contributed by atoms with Gasteiger partial charge in [-0.3, -0.25) is 0 Å². The largest absolute Gasteiger partial charge is 0.198 e. The number of nitriles is 1. The zero-order chi connectivity index (χ0) is 5.54. The van der Waals surface area contributed by atoms with Crippen LogP contribution < -0.4 is 0 Å². The van der Waals surface area contributed by atoms with Crippen molar-refractivity contribution in [2.75, 3.05) is 5.75 Å². The zero-order valence-corrected chi connectivity index (χ0v) is 5.09. The highest BCUT2D eigenvalue weighted by Gasteiger charge is 1.80. The van der Waals surface area contributed by atoms with E-state index < -0.39 is 0 Å². The molecule has 0 bridgehead atoms. The van der Waals surface area contributed by atoms with E-state index in [0.29, 0.717) is 6.42 Å². The molecule has 0 aliphatic rings. The van der Waals surface area contributed by atoms with Crippen molar-refractivity contribution >= 4 is 11.8 Å². The maximum atomic E-state index is 8.00. The van der Waals surface area contributed by atoms with Gasteiger partial charge in [0.25, 0.3) is 0 Å². The second-order valence-electron chi connectivity index (χ2n) is 0.961. The fourth-order valence-electron chi connectivity index (χ4n) is 0.199. The van der Waals surface area contributed by atoms with E-state index in [1.54, 1.807) is 11.8 Å². The van der Waals surface area contributed by atoms with Gasteiger partial charge in [-0.25, -0.2) is 0 Å². The van der Waals surface area contributed by atoms with Crippen LogP contribution in [-0.2, 0) is 0 Å². The monoisotopic (exact) mass is 113 g/mol. The van der Waals surface area contributed by atoms with Crippen LogP contribution in [0.1, 0.15) is 13.3 Å². The summed E-state index contributed by atoms with van der Waals surface area (Å²) in [4.78, 5) is 0. The molecule has 38 valence electrons. The quantitative estimate of drug-likeness (QED) is 0.520. The zero-order valence-electron chi connectivity index (χ0n) is 4.27. The first-order chi connectivity index (χ1) is 3.41. The SMILES string of the molecule is C[C]SCCC#N. The van der Waals surface area contributed by atoms with Crippen molar-refractivity contribution in [2.24, 2.45) is 0 Å². The smallest absolute Gasteiger partial charge is 0.0630 e. The predicted octanol–water partition coefficient (Wildman–Crippen LogP) is 1.69. The van der Waals surface area contributed by atoms with Crippen molar-refractivity contribution in [3.63, 3.8) is 0 Å². The molecule has 0 aliphatic carbocycles. The summed E-state index contributed by atoms with van der Waals surface area (Å²) in [6.07, 6.45) is 0.630. The summed E-state index contributed by atoms with van der Waals surface area (Å²) in [5.41, 5.74) is 0. The summed E-state index contributed by atoms with van der Waals surface area (Å²) < 4.78 is 0. The van der Waals surface area contributed by atoms with Crippen molar-refractivity contribution in [1.29, 1.82) is 5.26 Å². The predicted molar refractivity (Wildman–Crippen MR) is 31.6 cm³/mol. The highest BCUT2D eigenvalue weighted by Crippen LogP contribution is 2.03. The molecule has 0 atom stereocenters. The molecule has 0 aromatic carbocycles. The summed E-state index contributed by atoms with van der Waals surface area (Å²) in [6, 6.07) is 2.04. The van der Waals surface area contributed by atoms with Crippen LogP contribution in [0, 0.1) is 17.1 Å². The Balaban J connectivity index is 2.60. The first-order valence-corrected chi connectivity index (χ1v) is 3.06. The second kappa shape index (κ2) is 5.84. The Labute approximate surface area is 48.7 Å². The molecule has 0 aliphatic heterocycles. The number of hydrogen-bond acceptors (Lipinski definition) is 2. The maximum absolute atomic E-state index is 8.00. The summed E-state index contributed by atoms with van der Waals surface area (Å²) >= 11 is 1.56. The standard InChI is InChI=1S/C5H7NS/c1-2-7-5-3-4-6/h3,5H2,1H3. The highest BCUT2D eigenvalue weighted by atomic mass is 32.2. The molecule has 0 rings (SSSR count). The Hall–Kier alpha value is -0.160. The van der Waals surface area contributed by atoms with Gasteiger partial charge in [0.15, 0.2) is 0 Å². The number of hydrogen-bond donors (Lipinski definition) is 0. The Morgan fingerprint density at radius 3 is 2.86 bits per heavy atom. The lowest BCUT2D eigenvalue weighted by Crippen LogP contribution is -1.70. The van der Waals surface area contributed by atoms with Crippen molar-refractivity contribution in [2.45, 2.75) is 13.3 Å². The molecule has 0 N–H and O–H groups in total. The van der Waals surface area contributed by atoms with Gasteiger partial charge in [0.2, 0.25) is 0 Å². The number of nitrogens with zero attached hydrogens (tertiary/aromatic N) is 1. The Morgan fingerprint density at radius 2 is 2.43 bits per heavy atom. The first kappa shape index (κ1) is 6.84. The molecular formula is C5H7NS. The highest BCUT2D eigenvalue weighted by molar-refractivity contribution is 8.01. The molecule has 0 aromatic heterocycles. The van der Waals surface area contributed by atoms with Gasteiger partial charge >= 0.3 is 0 Å². The minimum absolute atomic E-state index is 0.630. The van der Waals surface area contributed by atoms with Gasteiger partial charge in [-0.1, -0.05) is 0 Å². The van der Waals surface area contributed by atoms with E-state index in [0.717, 1.165) is 5.75 Å². The van der Waals surface area contributed by atoms with E-state index >= 15 is 0 Å². The second-order valence-corrected chi connectivity index (χ2v) is 2.07. The molecular weight excluding hydrogens is 106 g/mol. The minimum Gasteiger partial charge on any atom is -0.198 e. The van der Waals surface area contributed by atoms with Gasteiger partial charge in [0.1, 0.15) is 0 Å². The van der Waals surface area contributed by atoms with Gasteiger partial charge in [-0.2, -0.15) is 17.0 Å². The lowest BCUT2D eigenvalue weighted by atomic mass is 10.6. The molecule has 1 nitrogen and oxygen atoms in total. The lowest BCUT2D eigenvalue weighted by Gasteiger charge is -1.84. The summed E-state index contributed by atoms with van der Waals surface area (Å²) in [6.45, 7) is 1.85. The topological polar surface area (TPSA) is 23.8 Å². The Morgan fingerprint density at radius 1 is 1.71 bits per heavy atom. The Kier molecular flexibility index (Phi) is 5.71. The van der Waals surface area contributed by atoms with Crippen molar-refractivity contribution in [3.8, 4) is 6.07 Å². The third-order valence-electron chi connectivity index (χ3n) is 0.460. The fourth-order valence-corrected chi connectivity index (χ4v) is 0.596. The first-order valence-electron chi connectivity index (χ1n) is 2.07. The molecule has 0 saturated heterocycles. The Bertz CT molecular complexity index is 65.0. The minimum atomic E-state index is 0.630. The van der Waals surface area contributed by atoms with Crippen LogP contribution >= 0.6 is 11.8 Å². The molecule has 0 heterocycles. The van der Waals surface area contributed by atoms with E-state index in [2.05, 4.69) is 5.75 Å². The van der Waals surface area contributed by atoms with Crippen LogP contribution in [0.3, 0.4) is 0 Å². The van der Waals surface area contributed by atoms with Gasteiger partial charge in [0.05, 0.1) is 6.07 Å². The van der Waals surface area contributed by atoms with Gasteiger partial charge in [0, 0.05) is 17.9 Å². The van der Waals surface area contributed by atoms with Crippen molar-refractivity contribution < 1.29 is 0 Å². The maximum Gasteiger partial charge on any atom is 0.0630 e. The normalized spacial score (nSPS) is 8.00. The van der Waals surface area contributed by atoms with Crippen LogP contribution in [0.5, 0.6) is 0 Å². The lowest BCUT2D eigenvalue weighted by molar-refractivity contribution is 1.24. The molecule has 0 amide bonds. The molecule has 2 radical (unpaired) electrons. The van der Waals surface area contributed by atoms with Crippen LogP contribution in [-0.4, -0.2) is 5.75 Å². The van der Waals surface area contributed by atoms with E-state index in [1.807, 2.05) is 13.0 Å². The molecule has 0 aromatic rings. The average molecular weight is 113 g/mol. The fraction of sp³-hybridized carbons (Fsp3) is 0.600. The van der Waals surface area contributed by atoms with Gasteiger partial charge in [-0.15, -0.1) is 0 Å². The summed E-state index contributed by atoms with van der Waals surface area (Å²) in [5, 5.41) is 8.00. The van der Waals surface area contributed by atoms with Gasteiger partial charge in [-0.05, 0) is 6.92 Å².